The van der Waals surface area contributed by atoms with Crippen LogP contribution in [-0.2, 0) is 4.79 Å². The SMILES string of the molecule is O=C(CCCC(=O)c1ccc(F)cc1)Nc1ccc(N2CCCCC2)cc1. The fourth-order valence-corrected chi connectivity index (χ4v) is 3.32. The molecule has 4 nitrogen and oxygen atoms in total. The van der Waals surface area contributed by atoms with Crippen molar-refractivity contribution in [2.24, 2.45) is 0 Å². The van der Waals surface area contributed by atoms with E-state index in [0.29, 0.717) is 12.0 Å². The van der Waals surface area contributed by atoms with E-state index < -0.39 is 0 Å². The Kier molecular flexibility index (Phi) is 6.58. The standard InChI is InChI=1S/C22H25FN2O2/c23-18-9-7-17(8-10-18)21(26)5-4-6-22(27)24-19-11-13-20(14-12-19)25-15-2-1-3-16-25/h7-14H,1-6,15-16H2,(H,24,27). The van der Waals surface area contributed by atoms with Crippen LogP contribution >= 0.6 is 0 Å². The molecule has 1 saturated heterocycles. The third-order valence-electron chi connectivity index (χ3n) is 4.85. The quantitative estimate of drug-likeness (QED) is 0.714. The Morgan fingerprint density at radius 1 is 0.889 bits per heavy atom. The summed E-state index contributed by atoms with van der Waals surface area (Å²) in [7, 11) is 0. The second-order valence-electron chi connectivity index (χ2n) is 6.93. The van der Waals surface area contributed by atoms with Gasteiger partial charge in [-0.1, -0.05) is 0 Å². The van der Waals surface area contributed by atoms with Crippen LogP contribution in [0.2, 0.25) is 0 Å². The molecule has 0 aromatic heterocycles. The molecule has 5 heteroatoms. The molecular formula is C22H25FN2O2. The van der Waals surface area contributed by atoms with E-state index in [-0.39, 0.29) is 30.3 Å². The fraction of sp³-hybridized carbons (Fsp3) is 0.364. The molecule has 142 valence electrons. The van der Waals surface area contributed by atoms with Gasteiger partial charge in [0.05, 0.1) is 0 Å². The molecule has 1 fully saturated rings. The van der Waals surface area contributed by atoms with E-state index in [1.165, 1.54) is 49.2 Å². The number of benzene rings is 2. The zero-order valence-corrected chi connectivity index (χ0v) is 15.4. The van der Waals surface area contributed by atoms with Gasteiger partial charge in [-0.15, -0.1) is 0 Å². The van der Waals surface area contributed by atoms with Crippen LogP contribution in [0.25, 0.3) is 0 Å². The molecule has 0 unspecified atom stereocenters. The van der Waals surface area contributed by atoms with Crippen LogP contribution in [0, 0.1) is 5.82 Å². The predicted octanol–water partition coefficient (Wildman–Crippen LogP) is 4.81. The van der Waals surface area contributed by atoms with Crippen molar-refractivity contribution in [3.63, 3.8) is 0 Å². The third kappa shape index (κ3) is 5.64. The van der Waals surface area contributed by atoms with Crippen molar-refractivity contribution >= 4 is 23.1 Å². The summed E-state index contributed by atoms with van der Waals surface area (Å²) in [5, 5.41) is 2.87. The molecule has 0 spiro atoms. The molecule has 3 rings (SSSR count). The number of carbonyl (C=O) groups is 2. The molecule has 0 bridgehead atoms. The Labute approximate surface area is 159 Å². The lowest BCUT2D eigenvalue weighted by molar-refractivity contribution is -0.116. The highest BCUT2D eigenvalue weighted by molar-refractivity contribution is 5.96. The van der Waals surface area contributed by atoms with Gasteiger partial charge >= 0.3 is 0 Å². The first kappa shape index (κ1) is 19.1. The Hall–Kier alpha value is -2.69. The van der Waals surface area contributed by atoms with Crippen molar-refractivity contribution < 1.29 is 14.0 Å². The van der Waals surface area contributed by atoms with Gasteiger partial charge in [0.15, 0.2) is 5.78 Å². The van der Waals surface area contributed by atoms with E-state index >= 15 is 0 Å². The number of anilines is 2. The lowest BCUT2D eigenvalue weighted by Gasteiger charge is -2.28. The Balaban J connectivity index is 1.42. The molecule has 1 aliphatic rings. The summed E-state index contributed by atoms with van der Waals surface area (Å²) in [6.45, 7) is 2.18. The van der Waals surface area contributed by atoms with E-state index in [1.54, 1.807) is 0 Å². The van der Waals surface area contributed by atoms with Crippen molar-refractivity contribution in [1.29, 1.82) is 0 Å². The number of hydrogen-bond donors (Lipinski definition) is 1. The summed E-state index contributed by atoms with van der Waals surface area (Å²) < 4.78 is 12.9. The van der Waals surface area contributed by atoms with Gasteiger partial charge in [-0.3, -0.25) is 9.59 Å². The van der Waals surface area contributed by atoms with Crippen LogP contribution in [0.4, 0.5) is 15.8 Å². The maximum Gasteiger partial charge on any atom is 0.224 e. The molecule has 1 N–H and O–H groups in total. The van der Waals surface area contributed by atoms with Gasteiger partial charge in [0.25, 0.3) is 0 Å². The molecular weight excluding hydrogens is 343 g/mol. The van der Waals surface area contributed by atoms with E-state index in [0.717, 1.165) is 18.8 Å². The number of carbonyl (C=O) groups excluding carboxylic acids is 2. The molecule has 1 aliphatic heterocycles. The first-order valence-corrected chi connectivity index (χ1v) is 9.55. The second kappa shape index (κ2) is 9.31. The van der Waals surface area contributed by atoms with Crippen molar-refractivity contribution in [3.05, 3.63) is 59.9 Å². The summed E-state index contributed by atoms with van der Waals surface area (Å²) in [4.78, 5) is 26.5. The average molecular weight is 368 g/mol. The van der Waals surface area contributed by atoms with Crippen molar-refractivity contribution in [1.82, 2.24) is 0 Å². The predicted molar refractivity (Wildman–Crippen MR) is 106 cm³/mol. The lowest BCUT2D eigenvalue weighted by atomic mass is 10.1. The van der Waals surface area contributed by atoms with Crippen LogP contribution in [0.1, 0.15) is 48.9 Å². The smallest absolute Gasteiger partial charge is 0.224 e. The van der Waals surface area contributed by atoms with Gasteiger partial charge in [-0.05, 0) is 74.2 Å². The van der Waals surface area contributed by atoms with Crippen molar-refractivity contribution in [2.75, 3.05) is 23.3 Å². The molecule has 1 heterocycles. The second-order valence-corrected chi connectivity index (χ2v) is 6.93. The first-order valence-electron chi connectivity index (χ1n) is 9.55. The van der Waals surface area contributed by atoms with Gasteiger partial charge in [0.1, 0.15) is 5.82 Å². The minimum atomic E-state index is -0.364. The van der Waals surface area contributed by atoms with E-state index in [4.69, 9.17) is 0 Å². The normalized spacial score (nSPS) is 14.0. The summed E-state index contributed by atoms with van der Waals surface area (Å²) in [5.41, 5.74) is 2.44. The first-order chi connectivity index (χ1) is 13.1. The molecule has 2 aromatic rings. The topological polar surface area (TPSA) is 49.4 Å². The number of ketones is 1. The van der Waals surface area contributed by atoms with Gasteiger partial charge in [0, 0.05) is 42.9 Å². The zero-order chi connectivity index (χ0) is 19.1. The van der Waals surface area contributed by atoms with Crippen LogP contribution < -0.4 is 10.2 Å². The molecule has 0 radical (unpaired) electrons. The highest BCUT2D eigenvalue weighted by Gasteiger charge is 2.11. The summed E-state index contributed by atoms with van der Waals surface area (Å²) in [5.74, 6) is -0.543. The lowest BCUT2D eigenvalue weighted by Crippen LogP contribution is -2.29. The number of rotatable bonds is 7. The van der Waals surface area contributed by atoms with Crippen LogP contribution in [0.3, 0.4) is 0 Å². The number of piperidine rings is 1. The number of nitrogens with zero attached hydrogens (tertiary/aromatic N) is 1. The maximum absolute atomic E-state index is 12.9. The Morgan fingerprint density at radius 3 is 2.22 bits per heavy atom. The average Bonchev–Trinajstić information content (AvgIpc) is 2.69. The summed E-state index contributed by atoms with van der Waals surface area (Å²) >= 11 is 0. The largest absolute Gasteiger partial charge is 0.372 e. The number of amides is 1. The molecule has 1 amide bonds. The number of halogens is 1. The zero-order valence-electron chi connectivity index (χ0n) is 15.4. The molecule has 27 heavy (non-hydrogen) atoms. The number of hydrogen-bond acceptors (Lipinski definition) is 3. The minimum Gasteiger partial charge on any atom is -0.372 e. The van der Waals surface area contributed by atoms with E-state index in [2.05, 4.69) is 10.2 Å². The van der Waals surface area contributed by atoms with Crippen LogP contribution in [-0.4, -0.2) is 24.8 Å². The minimum absolute atomic E-state index is 0.0753. The Morgan fingerprint density at radius 2 is 1.56 bits per heavy atom. The highest BCUT2D eigenvalue weighted by Crippen LogP contribution is 2.22. The maximum atomic E-state index is 12.9. The third-order valence-corrected chi connectivity index (χ3v) is 4.85. The molecule has 0 aliphatic carbocycles. The molecule has 2 aromatic carbocycles. The van der Waals surface area contributed by atoms with Crippen molar-refractivity contribution in [3.8, 4) is 0 Å². The van der Waals surface area contributed by atoms with Crippen LogP contribution in [0.5, 0.6) is 0 Å². The fourth-order valence-electron chi connectivity index (χ4n) is 3.32. The van der Waals surface area contributed by atoms with E-state index in [9.17, 15) is 14.0 Å². The number of nitrogens with one attached hydrogen (secondary N) is 1. The summed E-state index contributed by atoms with van der Waals surface area (Å²) in [6.07, 6.45) is 4.78. The van der Waals surface area contributed by atoms with Gasteiger partial charge < -0.3 is 10.2 Å². The van der Waals surface area contributed by atoms with E-state index in [1.807, 2.05) is 24.3 Å². The molecule has 0 atom stereocenters. The van der Waals surface area contributed by atoms with Gasteiger partial charge in [0.2, 0.25) is 5.91 Å². The number of Topliss-reactive ketones (excluding diaryl/α,β-unsaturated/α-hetero) is 1. The van der Waals surface area contributed by atoms with Crippen LogP contribution in [0.15, 0.2) is 48.5 Å². The summed E-state index contributed by atoms with van der Waals surface area (Å²) in [6, 6.07) is 13.4. The monoisotopic (exact) mass is 368 g/mol. The van der Waals surface area contributed by atoms with Crippen molar-refractivity contribution in [2.45, 2.75) is 38.5 Å². The highest BCUT2D eigenvalue weighted by atomic mass is 19.1. The van der Waals surface area contributed by atoms with Gasteiger partial charge in [-0.25, -0.2) is 4.39 Å². The van der Waals surface area contributed by atoms with Gasteiger partial charge in [-0.2, -0.15) is 0 Å². The molecule has 0 saturated carbocycles. The Bertz CT molecular complexity index is 766.